The lowest BCUT2D eigenvalue weighted by Crippen LogP contribution is -2.15. The molecule has 0 radical (unpaired) electrons. The Balaban J connectivity index is 2.11. The zero-order valence-electron chi connectivity index (χ0n) is 13.7. The summed E-state index contributed by atoms with van der Waals surface area (Å²) < 4.78 is 28.1. The molecule has 0 bridgehead atoms. The normalized spacial score (nSPS) is 11.1. The summed E-state index contributed by atoms with van der Waals surface area (Å²) in [5.41, 5.74) is 2.34. The Bertz CT molecular complexity index is 897. The summed E-state index contributed by atoms with van der Waals surface area (Å²) in [6.07, 6.45) is 1.06. The second-order valence-corrected chi connectivity index (χ2v) is 7.63. The SMILES string of the molecule is Cc1ccc(C)c(C(=O)COC(=O)c2cccc(S(C)(=O)=O)c2)c1. The third-order valence-electron chi connectivity index (χ3n) is 3.53. The largest absolute Gasteiger partial charge is 0.454 e. The number of ether oxygens (including phenoxy) is 1. The first kappa shape index (κ1) is 17.9. The zero-order valence-corrected chi connectivity index (χ0v) is 14.5. The molecule has 2 aromatic carbocycles. The van der Waals surface area contributed by atoms with Crippen molar-refractivity contribution in [2.45, 2.75) is 18.7 Å². The molecule has 0 unspecified atom stereocenters. The van der Waals surface area contributed by atoms with E-state index in [1.807, 2.05) is 26.0 Å². The third kappa shape index (κ3) is 4.29. The number of ketones is 1. The summed E-state index contributed by atoms with van der Waals surface area (Å²) in [5, 5.41) is 0. The molecule has 0 aliphatic carbocycles. The molecule has 2 aromatic rings. The van der Waals surface area contributed by atoms with Gasteiger partial charge in [-0.2, -0.15) is 0 Å². The van der Waals surface area contributed by atoms with Gasteiger partial charge in [-0.25, -0.2) is 13.2 Å². The average Bonchev–Trinajstić information content (AvgIpc) is 2.54. The van der Waals surface area contributed by atoms with Crippen LogP contribution in [0, 0.1) is 13.8 Å². The van der Waals surface area contributed by atoms with Crippen molar-refractivity contribution < 1.29 is 22.7 Å². The molecule has 24 heavy (non-hydrogen) atoms. The van der Waals surface area contributed by atoms with Crippen LogP contribution in [0.25, 0.3) is 0 Å². The summed E-state index contributed by atoms with van der Waals surface area (Å²) in [6.45, 7) is 3.29. The highest BCUT2D eigenvalue weighted by Gasteiger charge is 2.15. The molecule has 0 heterocycles. The number of hydrogen-bond acceptors (Lipinski definition) is 5. The molecule has 0 spiro atoms. The lowest BCUT2D eigenvalue weighted by molar-refractivity contribution is 0.0474. The van der Waals surface area contributed by atoms with E-state index in [4.69, 9.17) is 4.74 Å². The van der Waals surface area contributed by atoms with Crippen LogP contribution in [-0.2, 0) is 14.6 Å². The van der Waals surface area contributed by atoms with E-state index in [-0.39, 0.29) is 16.2 Å². The van der Waals surface area contributed by atoms with Crippen LogP contribution >= 0.6 is 0 Å². The molecule has 0 saturated carbocycles. The number of rotatable bonds is 5. The van der Waals surface area contributed by atoms with Gasteiger partial charge in [0.15, 0.2) is 16.4 Å². The minimum atomic E-state index is -3.42. The van der Waals surface area contributed by atoms with Gasteiger partial charge < -0.3 is 4.74 Å². The molecule has 0 amide bonds. The Morgan fingerprint density at radius 3 is 2.42 bits per heavy atom. The molecular formula is C18H18O5S. The van der Waals surface area contributed by atoms with E-state index in [1.54, 1.807) is 6.07 Å². The highest BCUT2D eigenvalue weighted by atomic mass is 32.2. The highest BCUT2D eigenvalue weighted by Crippen LogP contribution is 2.14. The molecule has 0 aliphatic rings. The van der Waals surface area contributed by atoms with Gasteiger partial charge in [0.1, 0.15) is 0 Å². The summed E-state index contributed by atoms with van der Waals surface area (Å²) in [5.74, 6) is -1.04. The highest BCUT2D eigenvalue weighted by molar-refractivity contribution is 7.90. The Labute approximate surface area is 141 Å². The van der Waals surface area contributed by atoms with Crippen LogP contribution in [0.1, 0.15) is 31.8 Å². The number of carbonyl (C=O) groups excluding carboxylic acids is 2. The van der Waals surface area contributed by atoms with E-state index in [2.05, 4.69) is 0 Å². The fourth-order valence-corrected chi connectivity index (χ4v) is 2.85. The van der Waals surface area contributed by atoms with E-state index >= 15 is 0 Å². The lowest BCUT2D eigenvalue weighted by atomic mass is 10.0. The fourth-order valence-electron chi connectivity index (χ4n) is 2.18. The number of aryl methyl sites for hydroxylation is 2. The Morgan fingerprint density at radius 2 is 1.75 bits per heavy atom. The molecule has 6 heteroatoms. The van der Waals surface area contributed by atoms with E-state index in [0.29, 0.717) is 5.56 Å². The van der Waals surface area contributed by atoms with Gasteiger partial charge in [-0.1, -0.05) is 23.8 Å². The van der Waals surface area contributed by atoms with Crippen molar-refractivity contribution in [1.82, 2.24) is 0 Å². The van der Waals surface area contributed by atoms with Gasteiger partial charge in [-0.3, -0.25) is 4.79 Å². The summed E-state index contributed by atoms with van der Waals surface area (Å²) in [6, 6.07) is 11.0. The zero-order chi connectivity index (χ0) is 17.9. The second kappa shape index (κ2) is 6.97. The maximum Gasteiger partial charge on any atom is 0.338 e. The van der Waals surface area contributed by atoms with Crippen LogP contribution in [0.5, 0.6) is 0 Å². The second-order valence-electron chi connectivity index (χ2n) is 5.62. The number of Topliss-reactive ketones (excluding diaryl/α,β-unsaturated/α-hetero) is 1. The van der Waals surface area contributed by atoms with Crippen molar-refractivity contribution in [2.24, 2.45) is 0 Å². The monoisotopic (exact) mass is 346 g/mol. The summed E-state index contributed by atoms with van der Waals surface area (Å²) >= 11 is 0. The predicted molar refractivity (Wildman–Crippen MR) is 90.1 cm³/mol. The maximum absolute atomic E-state index is 12.2. The van der Waals surface area contributed by atoms with Crippen molar-refractivity contribution >= 4 is 21.6 Å². The maximum atomic E-state index is 12.2. The summed E-state index contributed by atoms with van der Waals surface area (Å²) in [7, 11) is -3.42. The van der Waals surface area contributed by atoms with Gasteiger partial charge >= 0.3 is 5.97 Å². The molecule has 5 nitrogen and oxygen atoms in total. The Kier molecular flexibility index (Phi) is 5.19. The van der Waals surface area contributed by atoms with Crippen LogP contribution < -0.4 is 0 Å². The van der Waals surface area contributed by atoms with Gasteiger partial charge in [-0.05, 0) is 43.7 Å². The molecule has 0 atom stereocenters. The minimum Gasteiger partial charge on any atom is -0.454 e. The molecule has 0 fully saturated rings. The van der Waals surface area contributed by atoms with Crippen LogP contribution in [-0.4, -0.2) is 33.0 Å². The predicted octanol–water partition coefficient (Wildman–Crippen LogP) is 2.75. The quantitative estimate of drug-likeness (QED) is 0.614. The number of esters is 1. The number of carbonyl (C=O) groups is 2. The van der Waals surface area contributed by atoms with E-state index in [9.17, 15) is 18.0 Å². The molecule has 0 aliphatic heterocycles. The molecule has 126 valence electrons. The van der Waals surface area contributed by atoms with Crippen LogP contribution in [0.2, 0.25) is 0 Å². The van der Waals surface area contributed by atoms with Crippen molar-refractivity contribution in [3.63, 3.8) is 0 Å². The van der Waals surface area contributed by atoms with Crippen molar-refractivity contribution in [3.05, 3.63) is 64.7 Å². The molecular weight excluding hydrogens is 328 g/mol. The number of hydrogen-bond donors (Lipinski definition) is 0. The van der Waals surface area contributed by atoms with Gasteiger partial charge in [0.05, 0.1) is 10.5 Å². The van der Waals surface area contributed by atoms with Crippen molar-refractivity contribution in [1.29, 1.82) is 0 Å². The standard InChI is InChI=1S/C18H18O5S/c1-12-7-8-13(2)16(9-12)17(19)11-23-18(20)14-5-4-6-15(10-14)24(3,21)22/h4-10H,11H2,1-3H3. The van der Waals surface area contributed by atoms with Gasteiger partial charge in [0.25, 0.3) is 0 Å². The van der Waals surface area contributed by atoms with Crippen LogP contribution in [0.15, 0.2) is 47.4 Å². The number of benzene rings is 2. The third-order valence-corrected chi connectivity index (χ3v) is 4.64. The first-order valence-corrected chi connectivity index (χ1v) is 9.15. The van der Waals surface area contributed by atoms with Crippen LogP contribution in [0.4, 0.5) is 0 Å². The lowest BCUT2D eigenvalue weighted by Gasteiger charge is -2.08. The molecule has 2 rings (SSSR count). The van der Waals surface area contributed by atoms with E-state index < -0.39 is 22.4 Å². The Hall–Kier alpha value is -2.47. The topological polar surface area (TPSA) is 77.5 Å². The van der Waals surface area contributed by atoms with Crippen molar-refractivity contribution in [3.8, 4) is 0 Å². The number of sulfone groups is 1. The molecule has 0 N–H and O–H groups in total. The first-order chi connectivity index (χ1) is 11.2. The fraction of sp³-hybridized carbons (Fsp3) is 0.222. The van der Waals surface area contributed by atoms with E-state index in [0.717, 1.165) is 17.4 Å². The molecule has 0 aromatic heterocycles. The van der Waals surface area contributed by atoms with Gasteiger partial charge in [0, 0.05) is 11.8 Å². The first-order valence-electron chi connectivity index (χ1n) is 7.26. The average molecular weight is 346 g/mol. The van der Waals surface area contributed by atoms with Gasteiger partial charge in [-0.15, -0.1) is 0 Å². The van der Waals surface area contributed by atoms with Crippen molar-refractivity contribution in [2.75, 3.05) is 12.9 Å². The van der Waals surface area contributed by atoms with Gasteiger partial charge in [0.2, 0.25) is 5.78 Å². The molecule has 0 saturated heterocycles. The smallest absolute Gasteiger partial charge is 0.338 e. The Morgan fingerprint density at radius 1 is 1.04 bits per heavy atom. The summed E-state index contributed by atoms with van der Waals surface area (Å²) in [4.78, 5) is 24.3. The van der Waals surface area contributed by atoms with Crippen LogP contribution in [0.3, 0.4) is 0 Å². The van der Waals surface area contributed by atoms with E-state index in [1.165, 1.54) is 24.3 Å². The minimum absolute atomic E-state index is 0.0257.